The normalized spacial score (nSPS) is 16.0. The third-order valence-electron chi connectivity index (χ3n) is 2.57. The molecule has 0 atom stereocenters. The molecule has 2 rings (SSSR count). The molecular weight excluding hydrogens is 232 g/mol. The third kappa shape index (κ3) is 1.99. The second-order valence-electron chi connectivity index (χ2n) is 3.95. The van der Waals surface area contributed by atoms with Crippen molar-refractivity contribution in [3.8, 4) is 0 Å². The fourth-order valence-corrected chi connectivity index (χ4v) is 1.80. The van der Waals surface area contributed by atoms with Crippen LogP contribution in [0.2, 0.25) is 0 Å². The minimum absolute atomic E-state index is 0.0390. The molecule has 0 N–H and O–H groups in total. The van der Waals surface area contributed by atoms with Gasteiger partial charge in [-0.05, 0) is 18.6 Å². The van der Waals surface area contributed by atoms with Crippen LogP contribution in [0.1, 0.15) is 30.6 Å². The Morgan fingerprint density at radius 3 is 2.78 bits per heavy atom. The molecule has 1 aliphatic rings. The van der Waals surface area contributed by atoms with Crippen molar-refractivity contribution in [3.05, 3.63) is 29.8 Å². The van der Waals surface area contributed by atoms with Gasteiger partial charge in [-0.3, -0.25) is 14.5 Å². The summed E-state index contributed by atoms with van der Waals surface area (Å²) in [6.07, 6.45) is 0.790. The third-order valence-corrected chi connectivity index (χ3v) is 2.57. The van der Waals surface area contributed by atoms with Crippen LogP contribution >= 0.6 is 0 Å². The Balaban J connectivity index is 2.41. The van der Waals surface area contributed by atoms with Crippen LogP contribution < -0.4 is 4.90 Å². The fraction of sp³-hybridized carbons (Fsp3) is 0.308. The van der Waals surface area contributed by atoms with Crippen molar-refractivity contribution in [2.24, 2.45) is 5.16 Å². The predicted octanol–water partition coefficient (Wildman–Crippen LogP) is 1.98. The van der Waals surface area contributed by atoms with Crippen molar-refractivity contribution in [1.82, 2.24) is 0 Å². The minimum Gasteiger partial charge on any atom is -0.394 e. The fourth-order valence-electron chi connectivity index (χ4n) is 1.80. The van der Waals surface area contributed by atoms with Gasteiger partial charge in [0.25, 0.3) is 0 Å². The molecule has 0 radical (unpaired) electrons. The van der Waals surface area contributed by atoms with Gasteiger partial charge in [-0.2, -0.15) is 0 Å². The van der Waals surface area contributed by atoms with E-state index in [1.807, 2.05) is 6.92 Å². The highest BCUT2D eigenvalue weighted by Gasteiger charge is 2.36. The first kappa shape index (κ1) is 12.3. The SMILES string of the molecule is CCCO/N=C1/C(=O)c2ccccc2N1C(C)=O. The maximum absolute atomic E-state index is 12.1. The van der Waals surface area contributed by atoms with E-state index in [0.29, 0.717) is 17.9 Å². The molecule has 0 bridgehead atoms. The molecule has 1 aliphatic heterocycles. The number of amidine groups is 1. The molecule has 0 aromatic heterocycles. The van der Waals surface area contributed by atoms with Gasteiger partial charge in [0, 0.05) is 6.92 Å². The van der Waals surface area contributed by atoms with Crippen molar-refractivity contribution in [3.63, 3.8) is 0 Å². The standard InChI is InChI=1S/C13H14N2O3/c1-3-8-18-14-13-12(17)10-6-4-5-7-11(10)15(13)9(2)16/h4-7H,3,8H2,1-2H3/b14-13-. The Hall–Kier alpha value is -2.17. The predicted molar refractivity (Wildman–Crippen MR) is 67.6 cm³/mol. The van der Waals surface area contributed by atoms with Crippen LogP contribution in [0.3, 0.4) is 0 Å². The number of hydrogen-bond acceptors (Lipinski definition) is 4. The lowest BCUT2D eigenvalue weighted by molar-refractivity contribution is -0.115. The number of amides is 1. The highest BCUT2D eigenvalue weighted by molar-refractivity contribution is 6.58. The van der Waals surface area contributed by atoms with Gasteiger partial charge in [0.2, 0.25) is 17.5 Å². The smallest absolute Gasteiger partial charge is 0.234 e. The lowest BCUT2D eigenvalue weighted by Gasteiger charge is -2.13. The first-order valence-electron chi connectivity index (χ1n) is 5.81. The highest BCUT2D eigenvalue weighted by atomic mass is 16.6. The number of nitrogens with zero attached hydrogens (tertiary/aromatic N) is 2. The summed E-state index contributed by atoms with van der Waals surface area (Å²) >= 11 is 0. The Morgan fingerprint density at radius 1 is 1.39 bits per heavy atom. The van der Waals surface area contributed by atoms with Crippen LogP contribution in [-0.4, -0.2) is 24.1 Å². The quantitative estimate of drug-likeness (QED) is 0.605. The number of fused-ring (bicyclic) bond motifs is 1. The van der Waals surface area contributed by atoms with Crippen LogP contribution in [0.5, 0.6) is 0 Å². The van der Waals surface area contributed by atoms with Gasteiger partial charge in [0.1, 0.15) is 6.61 Å². The zero-order chi connectivity index (χ0) is 13.1. The van der Waals surface area contributed by atoms with Gasteiger partial charge in [0.05, 0.1) is 11.3 Å². The molecule has 0 aliphatic carbocycles. The molecule has 0 unspecified atom stereocenters. The number of ketones is 1. The first-order chi connectivity index (χ1) is 8.66. The molecule has 94 valence electrons. The van der Waals surface area contributed by atoms with Crippen LogP contribution in [0.15, 0.2) is 29.4 Å². The first-order valence-corrected chi connectivity index (χ1v) is 5.81. The number of hydrogen-bond donors (Lipinski definition) is 0. The number of para-hydroxylation sites is 1. The number of rotatable bonds is 3. The van der Waals surface area contributed by atoms with Crippen LogP contribution in [0, 0.1) is 0 Å². The zero-order valence-corrected chi connectivity index (χ0v) is 10.3. The Morgan fingerprint density at radius 2 is 2.11 bits per heavy atom. The molecule has 1 aromatic rings. The summed E-state index contributed by atoms with van der Waals surface area (Å²) in [5.74, 6) is -0.499. The van der Waals surface area contributed by atoms with E-state index in [9.17, 15) is 9.59 Å². The Kier molecular flexibility index (Phi) is 3.41. The van der Waals surface area contributed by atoms with Crippen molar-refractivity contribution < 1.29 is 14.4 Å². The zero-order valence-electron chi connectivity index (χ0n) is 10.3. The van der Waals surface area contributed by atoms with Crippen molar-refractivity contribution in [1.29, 1.82) is 0 Å². The van der Waals surface area contributed by atoms with Gasteiger partial charge in [-0.25, -0.2) is 0 Å². The molecule has 0 saturated heterocycles. The van der Waals surface area contributed by atoms with Gasteiger partial charge in [-0.1, -0.05) is 24.2 Å². The molecule has 0 saturated carbocycles. The molecule has 1 aromatic carbocycles. The molecule has 5 heteroatoms. The van der Waals surface area contributed by atoms with E-state index in [0.717, 1.165) is 6.42 Å². The lowest BCUT2D eigenvalue weighted by Crippen LogP contribution is -2.34. The number of carbonyl (C=O) groups is 2. The van der Waals surface area contributed by atoms with E-state index in [2.05, 4.69) is 5.16 Å². The maximum Gasteiger partial charge on any atom is 0.234 e. The summed E-state index contributed by atoms with van der Waals surface area (Å²) in [7, 11) is 0. The molecule has 5 nitrogen and oxygen atoms in total. The van der Waals surface area contributed by atoms with Crippen LogP contribution in [0.25, 0.3) is 0 Å². The summed E-state index contributed by atoms with van der Waals surface area (Å²) in [6, 6.07) is 6.93. The van der Waals surface area contributed by atoms with E-state index in [4.69, 9.17) is 4.84 Å². The van der Waals surface area contributed by atoms with E-state index in [1.54, 1.807) is 24.3 Å². The van der Waals surface area contributed by atoms with Gasteiger partial charge in [-0.15, -0.1) is 0 Å². The largest absolute Gasteiger partial charge is 0.394 e. The van der Waals surface area contributed by atoms with Gasteiger partial charge in [0.15, 0.2) is 0 Å². The molecule has 0 fully saturated rings. The number of benzene rings is 1. The van der Waals surface area contributed by atoms with Crippen LogP contribution in [0.4, 0.5) is 5.69 Å². The van der Waals surface area contributed by atoms with Crippen molar-refractivity contribution in [2.75, 3.05) is 11.5 Å². The second-order valence-corrected chi connectivity index (χ2v) is 3.95. The summed E-state index contributed by atoms with van der Waals surface area (Å²) in [5, 5.41) is 3.78. The molecule has 0 spiro atoms. The van der Waals surface area contributed by atoms with Crippen molar-refractivity contribution >= 4 is 23.2 Å². The lowest BCUT2D eigenvalue weighted by atomic mass is 10.1. The van der Waals surface area contributed by atoms with E-state index >= 15 is 0 Å². The Bertz CT molecular complexity index is 523. The minimum atomic E-state index is -0.281. The van der Waals surface area contributed by atoms with Crippen LogP contribution in [-0.2, 0) is 9.63 Å². The number of Topliss-reactive ketones (excluding diaryl/α,β-unsaturated/α-hetero) is 1. The Labute approximate surface area is 105 Å². The molecular formula is C13H14N2O3. The summed E-state index contributed by atoms with van der Waals surface area (Å²) in [4.78, 5) is 30.0. The van der Waals surface area contributed by atoms with E-state index < -0.39 is 0 Å². The van der Waals surface area contributed by atoms with Crippen molar-refractivity contribution in [2.45, 2.75) is 20.3 Å². The summed E-state index contributed by atoms with van der Waals surface area (Å²) < 4.78 is 0. The number of oxime groups is 1. The second kappa shape index (κ2) is 5.00. The topological polar surface area (TPSA) is 59.0 Å². The van der Waals surface area contributed by atoms with E-state index in [-0.39, 0.29) is 17.5 Å². The monoisotopic (exact) mass is 246 g/mol. The number of anilines is 1. The molecule has 18 heavy (non-hydrogen) atoms. The van der Waals surface area contributed by atoms with Gasteiger partial charge < -0.3 is 4.84 Å². The average molecular weight is 246 g/mol. The molecule has 1 heterocycles. The number of carbonyl (C=O) groups excluding carboxylic acids is 2. The van der Waals surface area contributed by atoms with E-state index in [1.165, 1.54) is 11.8 Å². The molecule has 1 amide bonds. The highest BCUT2D eigenvalue weighted by Crippen LogP contribution is 2.29. The van der Waals surface area contributed by atoms with Gasteiger partial charge >= 0.3 is 0 Å². The maximum atomic E-state index is 12.1. The summed E-state index contributed by atoms with van der Waals surface area (Å²) in [6.45, 7) is 3.75. The average Bonchev–Trinajstić information content (AvgIpc) is 2.64. The summed E-state index contributed by atoms with van der Waals surface area (Å²) in [5.41, 5.74) is 1.04.